The molecule has 10 rings (SSSR count). The van der Waals surface area contributed by atoms with E-state index in [1.807, 2.05) is 66.7 Å². The van der Waals surface area contributed by atoms with Gasteiger partial charge < -0.3 is 9.13 Å². The van der Waals surface area contributed by atoms with Crippen molar-refractivity contribution in [3.05, 3.63) is 173 Å². The lowest BCUT2D eigenvalue weighted by Crippen LogP contribution is -2.10. The molecule has 0 amide bonds. The Bertz CT molecular complexity index is 3450. The van der Waals surface area contributed by atoms with Crippen molar-refractivity contribution >= 4 is 43.6 Å². The van der Waals surface area contributed by atoms with E-state index >= 15 is 0 Å². The Morgan fingerprint density at radius 1 is 0.357 bits per heavy atom. The van der Waals surface area contributed by atoms with E-state index < -0.39 is 0 Å². The van der Waals surface area contributed by atoms with Gasteiger partial charge in [-0.15, -0.1) is 0 Å². The van der Waals surface area contributed by atoms with E-state index in [1.165, 1.54) is 22.3 Å². The molecule has 70 heavy (non-hydrogen) atoms. The predicted octanol–water partition coefficient (Wildman–Crippen LogP) is 16.0. The van der Waals surface area contributed by atoms with Crippen molar-refractivity contribution in [3.63, 3.8) is 0 Å². The second-order valence-corrected chi connectivity index (χ2v) is 23.0. The van der Waals surface area contributed by atoms with Crippen LogP contribution in [0.1, 0.15) is 116 Å². The average Bonchev–Trinajstić information content (AvgIpc) is 3.84. The minimum atomic E-state index is -0.0648. The molecule has 0 saturated heterocycles. The number of benzene rings is 7. The van der Waals surface area contributed by atoms with Crippen LogP contribution in [0.4, 0.5) is 0 Å². The molecule has 0 bridgehead atoms. The molecule has 7 nitrogen and oxygen atoms in total. The molecule has 0 N–H and O–H groups in total. The van der Waals surface area contributed by atoms with Crippen LogP contribution in [-0.2, 0) is 21.7 Å². The van der Waals surface area contributed by atoms with Crippen LogP contribution in [-0.4, -0.2) is 24.1 Å². The summed E-state index contributed by atoms with van der Waals surface area (Å²) in [5.41, 5.74) is 13.7. The standard InChI is InChI=1S/C63H59N7/c1-60(2,3)41-20-26-51-45(32-41)46-33-42(61(4,5)6)21-27-52(46)69(51)55-24-18-38(36-64)30-49(55)58-66-57(40-16-14-13-15-17-40)67-59(68-58)50-31-39(37-65)19-25-56(50)70-53-28-22-43(62(7,8)9)34-47(53)48-35-44(63(10,11)12)23-29-54(48)70/h13-35H,1-12H3. The zero-order chi connectivity index (χ0) is 49.7. The molecule has 10 aromatic rings. The summed E-state index contributed by atoms with van der Waals surface area (Å²) in [6.07, 6.45) is 0. The Morgan fingerprint density at radius 3 is 0.971 bits per heavy atom. The first-order valence-electron chi connectivity index (χ1n) is 24.2. The second kappa shape index (κ2) is 16.4. The quantitative estimate of drug-likeness (QED) is 0.171. The third-order valence-corrected chi connectivity index (χ3v) is 13.9. The smallest absolute Gasteiger partial charge is 0.166 e. The first-order chi connectivity index (χ1) is 33.1. The molecule has 0 fully saturated rings. The molecule has 7 aromatic carbocycles. The summed E-state index contributed by atoms with van der Waals surface area (Å²) in [6, 6.07) is 53.5. The molecule has 346 valence electrons. The monoisotopic (exact) mass is 913 g/mol. The zero-order valence-corrected chi connectivity index (χ0v) is 42.4. The fourth-order valence-electron chi connectivity index (χ4n) is 9.72. The van der Waals surface area contributed by atoms with Crippen LogP contribution >= 0.6 is 0 Å². The highest BCUT2D eigenvalue weighted by molar-refractivity contribution is 6.11. The van der Waals surface area contributed by atoms with Crippen molar-refractivity contribution in [2.75, 3.05) is 0 Å². The van der Waals surface area contributed by atoms with Crippen LogP contribution in [0.3, 0.4) is 0 Å². The zero-order valence-electron chi connectivity index (χ0n) is 42.4. The lowest BCUT2D eigenvalue weighted by atomic mass is 9.85. The van der Waals surface area contributed by atoms with Crippen molar-refractivity contribution in [3.8, 4) is 57.7 Å². The Hall–Kier alpha value is -7.87. The lowest BCUT2D eigenvalue weighted by Gasteiger charge is -2.20. The molecule has 0 saturated carbocycles. The first-order valence-corrected chi connectivity index (χ1v) is 24.2. The predicted molar refractivity (Wildman–Crippen MR) is 289 cm³/mol. The molecule has 0 spiro atoms. The number of hydrogen-bond acceptors (Lipinski definition) is 5. The van der Waals surface area contributed by atoms with Crippen LogP contribution in [0, 0.1) is 22.7 Å². The van der Waals surface area contributed by atoms with Crippen molar-refractivity contribution in [1.29, 1.82) is 10.5 Å². The molecule has 7 heteroatoms. The number of fused-ring (bicyclic) bond motifs is 6. The summed E-state index contributed by atoms with van der Waals surface area (Å²) in [7, 11) is 0. The Balaban J connectivity index is 1.28. The van der Waals surface area contributed by atoms with Crippen LogP contribution in [0.2, 0.25) is 0 Å². The van der Waals surface area contributed by atoms with Crippen molar-refractivity contribution < 1.29 is 0 Å². The molecule has 3 aromatic heterocycles. The third-order valence-electron chi connectivity index (χ3n) is 13.9. The minimum absolute atomic E-state index is 0.0648. The molecule has 0 aliphatic heterocycles. The largest absolute Gasteiger partial charge is 0.308 e. The van der Waals surface area contributed by atoms with Crippen LogP contribution in [0.15, 0.2) is 140 Å². The van der Waals surface area contributed by atoms with Gasteiger partial charge in [-0.2, -0.15) is 10.5 Å². The number of aromatic nitrogens is 5. The van der Waals surface area contributed by atoms with Gasteiger partial charge in [0.25, 0.3) is 0 Å². The van der Waals surface area contributed by atoms with Crippen LogP contribution in [0.5, 0.6) is 0 Å². The van der Waals surface area contributed by atoms with Crippen LogP contribution in [0.25, 0.3) is 89.2 Å². The molecular weight excluding hydrogens is 855 g/mol. The minimum Gasteiger partial charge on any atom is -0.308 e. The van der Waals surface area contributed by atoms with Crippen LogP contribution < -0.4 is 0 Å². The fraction of sp³-hybridized carbons (Fsp3) is 0.254. The highest BCUT2D eigenvalue weighted by Crippen LogP contribution is 2.43. The SMILES string of the molecule is CC(C)(C)c1ccc2c(c1)c1cc(C(C)(C)C)ccc1n2-c1ccc(C#N)cc1-c1nc(-c2ccccc2)nc(-c2cc(C#N)ccc2-n2c3ccc(C(C)(C)C)cc3c3cc(C(C)(C)C)ccc32)n1. The number of hydrogen-bond donors (Lipinski definition) is 0. The van der Waals surface area contributed by atoms with Gasteiger partial charge in [0, 0.05) is 38.2 Å². The first kappa shape index (κ1) is 45.9. The highest BCUT2D eigenvalue weighted by Gasteiger charge is 2.27. The van der Waals surface area contributed by atoms with Gasteiger partial charge in [0.05, 0.1) is 56.7 Å². The third kappa shape index (κ3) is 8.00. The maximum atomic E-state index is 10.5. The summed E-state index contributed by atoms with van der Waals surface area (Å²) in [6.45, 7) is 27.0. The highest BCUT2D eigenvalue weighted by atomic mass is 15.1. The van der Waals surface area contributed by atoms with E-state index in [0.29, 0.717) is 39.7 Å². The van der Waals surface area contributed by atoms with Gasteiger partial charge in [-0.1, -0.05) is 138 Å². The van der Waals surface area contributed by atoms with E-state index in [0.717, 1.165) is 60.5 Å². The summed E-state index contributed by atoms with van der Waals surface area (Å²) < 4.78 is 4.59. The molecule has 0 atom stereocenters. The molecule has 0 aliphatic rings. The normalized spacial score (nSPS) is 12.5. The topological polar surface area (TPSA) is 96.1 Å². The lowest BCUT2D eigenvalue weighted by molar-refractivity contribution is 0.590. The summed E-state index contributed by atoms with van der Waals surface area (Å²) in [5.74, 6) is 1.29. The van der Waals surface area contributed by atoms with E-state index in [9.17, 15) is 10.5 Å². The molecule has 0 radical (unpaired) electrons. The van der Waals surface area contributed by atoms with E-state index in [-0.39, 0.29) is 21.7 Å². The fourth-order valence-corrected chi connectivity index (χ4v) is 9.72. The molecule has 0 aliphatic carbocycles. The van der Waals surface area contributed by atoms with Gasteiger partial charge in [-0.3, -0.25) is 0 Å². The Kier molecular flexibility index (Phi) is 10.7. The van der Waals surface area contributed by atoms with E-state index in [4.69, 9.17) is 15.0 Å². The van der Waals surface area contributed by atoms with Gasteiger partial charge in [0.2, 0.25) is 0 Å². The second-order valence-electron chi connectivity index (χ2n) is 23.0. The van der Waals surface area contributed by atoms with Gasteiger partial charge >= 0.3 is 0 Å². The maximum Gasteiger partial charge on any atom is 0.166 e. The van der Waals surface area contributed by atoms with Gasteiger partial charge in [0.1, 0.15) is 0 Å². The maximum absolute atomic E-state index is 10.5. The molecule has 3 heterocycles. The van der Waals surface area contributed by atoms with Crippen molar-refractivity contribution in [1.82, 2.24) is 24.1 Å². The van der Waals surface area contributed by atoms with Gasteiger partial charge in [-0.25, -0.2) is 15.0 Å². The van der Waals surface area contributed by atoms with E-state index in [1.54, 1.807) is 0 Å². The molecular formula is C63H59N7. The molecule has 0 unspecified atom stereocenters. The van der Waals surface area contributed by atoms with Gasteiger partial charge in [-0.05, 0) is 129 Å². The summed E-state index contributed by atoms with van der Waals surface area (Å²) in [5, 5.41) is 25.6. The Labute approximate surface area is 411 Å². The van der Waals surface area contributed by atoms with Gasteiger partial charge in [0.15, 0.2) is 17.5 Å². The number of nitriles is 2. The average molecular weight is 914 g/mol. The number of rotatable bonds is 5. The summed E-state index contributed by atoms with van der Waals surface area (Å²) in [4.78, 5) is 16.0. The summed E-state index contributed by atoms with van der Waals surface area (Å²) >= 11 is 0. The van der Waals surface area contributed by atoms with Crippen molar-refractivity contribution in [2.24, 2.45) is 0 Å². The van der Waals surface area contributed by atoms with Crippen molar-refractivity contribution in [2.45, 2.75) is 105 Å². The Morgan fingerprint density at radius 2 is 0.671 bits per heavy atom. The van der Waals surface area contributed by atoms with E-state index in [2.05, 4.69) is 177 Å². The number of nitrogens with zero attached hydrogens (tertiary/aromatic N) is 7.